The quantitative estimate of drug-likeness (QED) is 0.442. The van der Waals surface area contributed by atoms with Gasteiger partial charge in [-0.2, -0.15) is 5.26 Å². The van der Waals surface area contributed by atoms with Gasteiger partial charge in [0.2, 0.25) is 11.0 Å². The van der Waals surface area contributed by atoms with Gasteiger partial charge in [-0.05, 0) is 32.3 Å². The molecule has 0 fully saturated rings. The van der Waals surface area contributed by atoms with Crippen LogP contribution in [0, 0.1) is 25.2 Å². The van der Waals surface area contributed by atoms with Gasteiger partial charge in [0.05, 0.1) is 23.3 Å². The fraction of sp³-hybridized carbons (Fsp3) is 0.280. The zero-order valence-electron chi connectivity index (χ0n) is 20.1. The van der Waals surface area contributed by atoms with Crippen molar-refractivity contribution in [2.45, 2.75) is 43.4 Å². The number of nitrogens with one attached hydrogen (secondary N) is 1. The van der Waals surface area contributed by atoms with Crippen LogP contribution in [-0.4, -0.2) is 32.8 Å². The van der Waals surface area contributed by atoms with E-state index in [1.54, 1.807) is 17.9 Å². The first kappa shape index (κ1) is 24.7. The number of rotatable bonds is 6. The maximum absolute atomic E-state index is 13.2. The first-order valence-electron chi connectivity index (χ1n) is 11.6. The van der Waals surface area contributed by atoms with Crippen LogP contribution in [0.25, 0.3) is 0 Å². The molecule has 1 unspecified atom stereocenters. The number of nitrogens with two attached hydrogens (primary N) is 1. The third kappa shape index (κ3) is 4.87. The van der Waals surface area contributed by atoms with Crippen LogP contribution in [0.1, 0.15) is 42.1 Å². The Hall–Kier alpha value is -3.95. The highest BCUT2D eigenvalue weighted by Gasteiger charge is 2.41. The summed E-state index contributed by atoms with van der Waals surface area (Å²) in [6.07, 6.45) is 1.74. The molecule has 1 aliphatic heterocycles. The maximum Gasteiger partial charge on any atom is 0.236 e. The molecule has 188 valence electrons. The van der Waals surface area contributed by atoms with Crippen LogP contribution in [-0.2, 0) is 9.59 Å². The summed E-state index contributed by atoms with van der Waals surface area (Å²) in [4.78, 5) is 27.2. The molecule has 0 saturated carbocycles. The summed E-state index contributed by atoms with van der Waals surface area (Å²) >= 11 is 2.47. The number of anilines is 2. The number of thioether (sulfide) groups is 1. The minimum absolute atomic E-state index is 0.0110. The van der Waals surface area contributed by atoms with Gasteiger partial charge in [0.15, 0.2) is 15.9 Å². The summed E-state index contributed by atoms with van der Waals surface area (Å²) in [7, 11) is 0. The molecular formula is C25H23N7O3S2. The van der Waals surface area contributed by atoms with Crippen molar-refractivity contribution in [1.82, 2.24) is 15.4 Å². The van der Waals surface area contributed by atoms with Crippen LogP contribution in [0.5, 0.6) is 0 Å². The molecule has 1 aliphatic carbocycles. The largest absolute Gasteiger partial charge is 0.384 e. The van der Waals surface area contributed by atoms with Gasteiger partial charge in [0, 0.05) is 23.8 Å². The fourth-order valence-electron chi connectivity index (χ4n) is 4.57. The average molecular weight is 534 g/mol. The minimum atomic E-state index is -0.519. The van der Waals surface area contributed by atoms with E-state index in [1.165, 1.54) is 23.1 Å². The number of carbonyl (C=O) groups is 2. The SMILES string of the molecule is Cc1cccc(C2C(C#N)=C(N)N(c3nnc(SCC(=O)Nc4cc(C)on4)s3)C3=C2C(=O)CCC3)c1. The lowest BCUT2D eigenvalue weighted by molar-refractivity contribution is -0.116. The highest BCUT2D eigenvalue weighted by Crippen LogP contribution is 2.47. The van der Waals surface area contributed by atoms with Crippen LogP contribution >= 0.6 is 23.1 Å². The molecule has 10 nitrogen and oxygen atoms in total. The fourth-order valence-corrected chi connectivity index (χ4v) is 6.25. The summed E-state index contributed by atoms with van der Waals surface area (Å²) in [5.74, 6) is 0.516. The van der Waals surface area contributed by atoms with Crippen LogP contribution in [0.15, 0.2) is 61.9 Å². The molecule has 12 heteroatoms. The van der Waals surface area contributed by atoms with Crippen molar-refractivity contribution in [3.05, 3.63) is 69.9 Å². The van der Waals surface area contributed by atoms with E-state index in [-0.39, 0.29) is 23.3 Å². The van der Waals surface area contributed by atoms with E-state index in [0.29, 0.717) is 51.5 Å². The van der Waals surface area contributed by atoms with E-state index < -0.39 is 5.92 Å². The van der Waals surface area contributed by atoms with Gasteiger partial charge in [-0.25, -0.2) is 0 Å². The van der Waals surface area contributed by atoms with Gasteiger partial charge in [0.25, 0.3) is 0 Å². The number of nitrogens with zero attached hydrogens (tertiary/aromatic N) is 5. The zero-order chi connectivity index (χ0) is 26.1. The Balaban J connectivity index is 1.44. The third-order valence-corrected chi connectivity index (χ3v) is 8.14. The van der Waals surface area contributed by atoms with E-state index in [2.05, 4.69) is 26.7 Å². The average Bonchev–Trinajstić information content (AvgIpc) is 3.50. The lowest BCUT2D eigenvalue weighted by atomic mass is 9.75. The lowest BCUT2D eigenvalue weighted by Crippen LogP contribution is -2.38. The normalized spacial score (nSPS) is 17.6. The first-order valence-corrected chi connectivity index (χ1v) is 13.4. The van der Waals surface area contributed by atoms with Gasteiger partial charge >= 0.3 is 0 Å². The zero-order valence-corrected chi connectivity index (χ0v) is 21.8. The topological polar surface area (TPSA) is 151 Å². The number of hydrogen-bond donors (Lipinski definition) is 2. The Bertz CT molecular complexity index is 1500. The second-order valence-corrected chi connectivity index (χ2v) is 10.9. The molecule has 0 spiro atoms. The molecule has 0 bridgehead atoms. The van der Waals surface area contributed by atoms with Gasteiger partial charge in [-0.15, -0.1) is 10.2 Å². The summed E-state index contributed by atoms with van der Waals surface area (Å²) in [5.41, 5.74) is 10.2. The smallest absolute Gasteiger partial charge is 0.236 e. The van der Waals surface area contributed by atoms with Crippen LogP contribution in [0.2, 0.25) is 0 Å². The molecule has 0 radical (unpaired) electrons. The van der Waals surface area contributed by atoms with Gasteiger partial charge in [-0.3, -0.25) is 14.5 Å². The molecule has 3 aromatic rings. The summed E-state index contributed by atoms with van der Waals surface area (Å²) in [6, 6.07) is 11.7. The number of aromatic nitrogens is 3. The first-order chi connectivity index (χ1) is 17.9. The molecule has 3 N–H and O–H groups in total. The molecule has 5 rings (SSSR count). The van der Waals surface area contributed by atoms with E-state index in [9.17, 15) is 14.9 Å². The Kier molecular flexibility index (Phi) is 6.82. The molecule has 1 atom stereocenters. The van der Waals surface area contributed by atoms with E-state index >= 15 is 0 Å². The molecule has 3 heterocycles. The molecule has 1 aromatic carbocycles. The Morgan fingerprint density at radius 3 is 2.89 bits per heavy atom. The van der Waals surface area contributed by atoms with Crippen molar-refractivity contribution in [1.29, 1.82) is 5.26 Å². The Morgan fingerprint density at radius 2 is 2.16 bits per heavy atom. The van der Waals surface area contributed by atoms with Crippen LogP contribution in [0.3, 0.4) is 0 Å². The second-order valence-electron chi connectivity index (χ2n) is 8.74. The van der Waals surface area contributed by atoms with Crippen molar-refractivity contribution in [2.75, 3.05) is 16.0 Å². The van der Waals surface area contributed by atoms with E-state index in [4.69, 9.17) is 10.3 Å². The van der Waals surface area contributed by atoms with Crippen molar-refractivity contribution < 1.29 is 14.1 Å². The predicted octanol–water partition coefficient (Wildman–Crippen LogP) is 4.18. The molecule has 2 aromatic heterocycles. The molecular weight excluding hydrogens is 510 g/mol. The van der Waals surface area contributed by atoms with Gasteiger partial charge < -0.3 is 15.6 Å². The highest BCUT2D eigenvalue weighted by molar-refractivity contribution is 8.01. The lowest BCUT2D eigenvalue weighted by Gasteiger charge is -2.38. The predicted molar refractivity (Wildman–Crippen MR) is 140 cm³/mol. The number of carbonyl (C=O) groups excluding carboxylic acids is 2. The maximum atomic E-state index is 13.2. The van der Waals surface area contributed by atoms with Crippen molar-refractivity contribution in [3.63, 3.8) is 0 Å². The molecule has 2 aliphatic rings. The second kappa shape index (κ2) is 10.2. The number of allylic oxidation sites excluding steroid dienone is 3. The number of hydrogen-bond acceptors (Lipinski definition) is 11. The number of Topliss-reactive ketones (excluding diaryl/α,β-unsaturated/α-hetero) is 1. The number of amides is 1. The Morgan fingerprint density at radius 1 is 1.32 bits per heavy atom. The van der Waals surface area contributed by atoms with Crippen molar-refractivity contribution in [2.24, 2.45) is 5.73 Å². The van der Waals surface area contributed by atoms with Gasteiger partial charge in [0.1, 0.15) is 11.6 Å². The molecule has 1 amide bonds. The standard InChI is InChI=1S/C25H23N7O3S2/c1-13-5-3-6-15(9-13)21-16(11-26)23(27)32(17-7-4-8-18(33)22(17)21)24-29-30-25(37-24)36-12-20(34)28-19-10-14(2)35-31-19/h3,5-6,9-10,21H,4,7-8,12,27H2,1-2H3,(H,28,31,34). The van der Waals surface area contributed by atoms with E-state index in [0.717, 1.165) is 16.8 Å². The monoisotopic (exact) mass is 533 g/mol. The number of aryl methyl sites for hydroxylation is 2. The number of nitriles is 1. The summed E-state index contributed by atoms with van der Waals surface area (Å²) in [5, 5.41) is 25.5. The van der Waals surface area contributed by atoms with Crippen LogP contribution in [0.4, 0.5) is 10.9 Å². The summed E-state index contributed by atoms with van der Waals surface area (Å²) in [6.45, 7) is 3.71. The van der Waals surface area contributed by atoms with Crippen LogP contribution < -0.4 is 16.0 Å². The third-order valence-electron chi connectivity index (χ3n) is 6.10. The number of benzene rings is 1. The van der Waals surface area contributed by atoms with E-state index in [1.807, 2.05) is 31.2 Å². The highest BCUT2D eigenvalue weighted by atomic mass is 32.2. The van der Waals surface area contributed by atoms with Crippen molar-refractivity contribution >= 4 is 45.7 Å². The van der Waals surface area contributed by atoms with Crippen molar-refractivity contribution in [3.8, 4) is 6.07 Å². The Labute approximate surface area is 221 Å². The molecule has 37 heavy (non-hydrogen) atoms. The summed E-state index contributed by atoms with van der Waals surface area (Å²) < 4.78 is 5.51. The minimum Gasteiger partial charge on any atom is -0.384 e. The van der Waals surface area contributed by atoms with Gasteiger partial charge in [-0.1, -0.05) is 58.1 Å². The number of ketones is 1. The molecule has 0 saturated heterocycles.